The molecule has 1 heterocycles. The number of fused-ring (bicyclic) bond motifs is 1. The van der Waals surface area contributed by atoms with E-state index in [9.17, 15) is 9.59 Å². The van der Waals surface area contributed by atoms with E-state index in [1.807, 2.05) is 32.9 Å². The molecule has 1 fully saturated rings. The third kappa shape index (κ3) is 2.45. The van der Waals surface area contributed by atoms with Crippen molar-refractivity contribution in [1.82, 2.24) is 5.32 Å². The van der Waals surface area contributed by atoms with Crippen molar-refractivity contribution >= 4 is 11.8 Å². The fourth-order valence-corrected chi connectivity index (χ4v) is 2.55. The molecule has 2 unspecified atom stereocenters. The van der Waals surface area contributed by atoms with Gasteiger partial charge in [-0.15, -0.1) is 0 Å². The molecule has 98 valence electrons. The summed E-state index contributed by atoms with van der Waals surface area (Å²) in [7, 11) is 0. The molecule has 1 aliphatic heterocycles. The Morgan fingerprint density at radius 2 is 1.94 bits per heavy atom. The lowest BCUT2D eigenvalue weighted by Gasteiger charge is -2.24. The maximum absolute atomic E-state index is 11.7. The van der Waals surface area contributed by atoms with Crippen LogP contribution in [0.2, 0.25) is 0 Å². The number of allylic oxidation sites excluding steroid dienone is 4. The van der Waals surface area contributed by atoms with Crippen molar-refractivity contribution in [2.24, 2.45) is 11.8 Å². The van der Waals surface area contributed by atoms with Crippen LogP contribution >= 0.6 is 0 Å². The first-order valence-corrected chi connectivity index (χ1v) is 6.52. The van der Waals surface area contributed by atoms with E-state index in [1.165, 1.54) is 0 Å². The van der Waals surface area contributed by atoms with Crippen LogP contribution in [0.3, 0.4) is 0 Å². The number of carbonyl (C=O) groups excluding carboxylic acids is 2. The molecular formula is C15H21NO2. The second-order valence-corrected chi connectivity index (χ2v) is 4.16. The lowest BCUT2D eigenvalue weighted by atomic mass is 9.76. The molecule has 0 radical (unpaired) electrons. The van der Waals surface area contributed by atoms with Crippen molar-refractivity contribution in [2.75, 3.05) is 0 Å². The van der Waals surface area contributed by atoms with Crippen LogP contribution < -0.4 is 5.32 Å². The summed E-state index contributed by atoms with van der Waals surface area (Å²) >= 11 is 0. The van der Waals surface area contributed by atoms with Gasteiger partial charge >= 0.3 is 0 Å². The molecule has 1 aliphatic carbocycles. The van der Waals surface area contributed by atoms with Crippen LogP contribution in [-0.2, 0) is 9.59 Å². The highest BCUT2D eigenvalue weighted by atomic mass is 16.2. The van der Waals surface area contributed by atoms with Crippen molar-refractivity contribution in [1.29, 1.82) is 0 Å². The zero-order valence-electron chi connectivity index (χ0n) is 11.3. The SMILES string of the molecule is C=CC1=C(/C=C\C)C2C(=O)NC(=O)C2CC1.CC. The summed E-state index contributed by atoms with van der Waals surface area (Å²) in [6.07, 6.45) is 7.18. The fourth-order valence-electron chi connectivity index (χ4n) is 2.55. The molecule has 2 atom stereocenters. The van der Waals surface area contributed by atoms with Crippen molar-refractivity contribution in [3.8, 4) is 0 Å². The topological polar surface area (TPSA) is 46.2 Å². The number of carbonyl (C=O) groups is 2. The van der Waals surface area contributed by atoms with Crippen LogP contribution in [0.25, 0.3) is 0 Å². The molecule has 18 heavy (non-hydrogen) atoms. The summed E-state index contributed by atoms with van der Waals surface area (Å²) in [4.78, 5) is 23.3. The third-order valence-corrected chi connectivity index (χ3v) is 3.29. The van der Waals surface area contributed by atoms with Crippen LogP contribution in [0.1, 0.15) is 33.6 Å². The molecule has 0 aromatic carbocycles. The van der Waals surface area contributed by atoms with E-state index in [-0.39, 0.29) is 23.7 Å². The van der Waals surface area contributed by atoms with Gasteiger partial charge in [-0.25, -0.2) is 0 Å². The van der Waals surface area contributed by atoms with E-state index in [1.54, 1.807) is 6.08 Å². The summed E-state index contributed by atoms with van der Waals surface area (Å²) in [6, 6.07) is 0. The van der Waals surface area contributed by atoms with Gasteiger partial charge in [-0.05, 0) is 30.9 Å². The van der Waals surface area contributed by atoms with Crippen LogP contribution in [0.5, 0.6) is 0 Å². The Morgan fingerprint density at radius 3 is 2.50 bits per heavy atom. The molecule has 0 spiro atoms. The quantitative estimate of drug-likeness (QED) is 0.763. The van der Waals surface area contributed by atoms with Gasteiger partial charge in [0.15, 0.2) is 0 Å². The Balaban J connectivity index is 0.000000771. The van der Waals surface area contributed by atoms with Gasteiger partial charge in [0, 0.05) is 0 Å². The molecule has 1 saturated heterocycles. The maximum atomic E-state index is 11.7. The second-order valence-electron chi connectivity index (χ2n) is 4.16. The molecule has 0 saturated carbocycles. The van der Waals surface area contributed by atoms with Crippen LogP contribution in [0.15, 0.2) is 36.0 Å². The Hall–Kier alpha value is -1.64. The first kappa shape index (κ1) is 14.4. The molecule has 2 rings (SSSR count). The summed E-state index contributed by atoms with van der Waals surface area (Å²) in [6.45, 7) is 9.68. The van der Waals surface area contributed by atoms with E-state index >= 15 is 0 Å². The average Bonchev–Trinajstić information content (AvgIpc) is 2.68. The predicted octanol–water partition coefficient (Wildman–Crippen LogP) is 2.75. The van der Waals surface area contributed by atoms with Gasteiger partial charge in [0.1, 0.15) is 0 Å². The Kier molecular flexibility index (Phi) is 5.08. The summed E-state index contributed by atoms with van der Waals surface area (Å²) in [5.41, 5.74) is 2.04. The average molecular weight is 247 g/mol. The first-order chi connectivity index (χ1) is 8.69. The summed E-state index contributed by atoms with van der Waals surface area (Å²) in [5, 5.41) is 2.41. The van der Waals surface area contributed by atoms with Crippen molar-refractivity contribution in [2.45, 2.75) is 33.6 Å². The summed E-state index contributed by atoms with van der Waals surface area (Å²) in [5.74, 6) is -0.768. The van der Waals surface area contributed by atoms with Gasteiger partial charge in [-0.3, -0.25) is 14.9 Å². The number of nitrogens with one attached hydrogen (secondary N) is 1. The van der Waals surface area contributed by atoms with E-state index in [2.05, 4.69) is 11.9 Å². The van der Waals surface area contributed by atoms with E-state index in [0.717, 1.165) is 24.0 Å². The number of amides is 2. The van der Waals surface area contributed by atoms with Crippen LogP contribution in [-0.4, -0.2) is 11.8 Å². The normalized spacial score (nSPS) is 26.6. The van der Waals surface area contributed by atoms with Crippen molar-refractivity contribution in [3.63, 3.8) is 0 Å². The van der Waals surface area contributed by atoms with Gasteiger partial charge in [0.05, 0.1) is 11.8 Å². The minimum Gasteiger partial charge on any atom is -0.296 e. The predicted molar refractivity (Wildman–Crippen MR) is 72.7 cm³/mol. The lowest BCUT2D eigenvalue weighted by molar-refractivity contribution is -0.126. The number of imide groups is 1. The first-order valence-electron chi connectivity index (χ1n) is 6.52. The molecule has 0 aromatic rings. The number of hydrogen-bond acceptors (Lipinski definition) is 2. The summed E-state index contributed by atoms with van der Waals surface area (Å²) < 4.78 is 0. The monoisotopic (exact) mass is 247 g/mol. The highest BCUT2D eigenvalue weighted by molar-refractivity contribution is 6.07. The van der Waals surface area contributed by atoms with Gasteiger partial charge in [-0.1, -0.05) is 38.7 Å². The highest BCUT2D eigenvalue weighted by Crippen LogP contribution is 2.39. The van der Waals surface area contributed by atoms with E-state index < -0.39 is 0 Å². The smallest absolute Gasteiger partial charge is 0.234 e. The Bertz CT molecular complexity index is 418. The lowest BCUT2D eigenvalue weighted by Crippen LogP contribution is -2.24. The molecule has 3 heteroatoms. The molecule has 2 amide bonds. The molecule has 1 N–H and O–H groups in total. The third-order valence-electron chi connectivity index (χ3n) is 3.29. The zero-order valence-corrected chi connectivity index (χ0v) is 11.3. The highest BCUT2D eigenvalue weighted by Gasteiger charge is 2.45. The minimum absolute atomic E-state index is 0.125. The van der Waals surface area contributed by atoms with Gasteiger partial charge in [0.25, 0.3) is 0 Å². The van der Waals surface area contributed by atoms with Gasteiger partial charge in [-0.2, -0.15) is 0 Å². The second kappa shape index (κ2) is 6.34. The van der Waals surface area contributed by atoms with Gasteiger partial charge in [0.2, 0.25) is 11.8 Å². The minimum atomic E-state index is -0.301. The molecule has 3 nitrogen and oxygen atoms in total. The molecule has 0 aromatic heterocycles. The fraction of sp³-hybridized carbons (Fsp3) is 0.467. The standard InChI is InChI=1S/C13H15NO2.C2H6/c1-3-5-9-8(4-2)6-7-10-11(9)13(16)14-12(10)15;1-2/h3-5,10-11H,2,6-7H2,1H3,(H,14,15,16);1-2H3/b5-3-;. The van der Waals surface area contributed by atoms with E-state index in [4.69, 9.17) is 0 Å². The van der Waals surface area contributed by atoms with Gasteiger partial charge < -0.3 is 0 Å². The maximum Gasteiger partial charge on any atom is 0.234 e. The molecule has 2 aliphatic rings. The Labute approximate surface area is 109 Å². The van der Waals surface area contributed by atoms with Crippen LogP contribution in [0.4, 0.5) is 0 Å². The van der Waals surface area contributed by atoms with Crippen molar-refractivity contribution < 1.29 is 9.59 Å². The molecular weight excluding hydrogens is 226 g/mol. The largest absolute Gasteiger partial charge is 0.296 e. The number of rotatable bonds is 2. The van der Waals surface area contributed by atoms with Crippen LogP contribution in [0, 0.1) is 11.8 Å². The Morgan fingerprint density at radius 1 is 1.28 bits per heavy atom. The van der Waals surface area contributed by atoms with E-state index in [0.29, 0.717) is 0 Å². The zero-order chi connectivity index (χ0) is 13.7. The number of hydrogen-bond donors (Lipinski definition) is 1. The molecule has 0 bridgehead atoms. The van der Waals surface area contributed by atoms with Crippen molar-refractivity contribution in [3.05, 3.63) is 36.0 Å².